The molecule has 0 unspecified atom stereocenters. The molecule has 1 aliphatic rings. The highest BCUT2D eigenvalue weighted by atomic mass is 79.9. The number of nitrogens with zero attached hydrogens (tertiary/aromatic N) is 1. The number of nitrogens with two attached hydrogens (primary N) is 1. The summed E-state index contributed by atoms with van der Waals surface area (Å²) in [6.45, 7) is 0.0857. The van der Waals surface area contributed by atoms with Gasteiger partial charge in [-0.25, -0.2) is 0 Å². The zero-order valence-corrected chi connectivity index (χ0v) is 15.7. The fourth-order valence-corrected chi connectivity index (χ4v) is 2.98. The van der Waals surface area contributed by atoms with Crippen molar-refractivity contribution >= 4 is 39.6 Å². The van der Waals surface area contributed by atoms with Crippen LogP contribution in [0.1, 0.15) is 23.2 Å². The monoisotopic (exact) mass is 425 g/mol. The van der Waals surface area contributed by atoms with Crippen molar-refractivity contribution in [1.82, 2.24) is 10.2 Å². The predicted molar refractivity (Wildman–Crippen MR) is 95.9 cm³/mol. The molecule has 0 radical (unpaired) electrons. The van der Waals surface area contributed by atoms with Crippen molar-refractivity contribution in [3.63, 3.8) is 0 Å². The second-order valence-corrected chi connectivity index (χ2v) is 6.83. The van der Waals surface area contributed by atoms with Crippen LogP contribution in [0.5, 0.6) is 0 Å². The minimum Gasteiger partial charge on any atom is -0.454 e. The van der Waals surface area contributed by atoms with Gasteiger partial charge in [-0.1, -0.05) is 22.0 Å². The van der Waals surface area contributed by atoms with Crippen LogP contribution in [0, 0.1) is 5.92 Å². The van der Waals surface area contributed by atoms with Gasteiger partial charge >= 0.3 is 5.97 Å². The fourth-order valence-electron chi connectivity index (χ4n) is 2.58. The minimum absolute atomic E-state index is 0.213. The Labute approximate surface area is 159 Å². The maximum absolute atomic E-state index is 12.0. The first kappa shape index (κ1) is 19.9. The van der Waals surface area contributed by atoms with Gasteiger partial charge in [-0.3, -0.25) is 19.2 Å². The predicted octanol–water partition coefficient (Wildman–Crippen LogP) is 0.446. The van der Waals surface area contributed by atoms with Gasteiger partial charge in [-0.2, -0.15) is 0 Å². The van der Waals surface area contributed by atoms with Gasteiger partial charge in [-0.05, 0) is 31.0 Å². The Kier molecular flexibility index (Phi) is 7.14. The first-order valence-corrected chi connectivity index (χ1v) is 8.92. The molecule has 1 aliphatic heterocycles. The third-order valence-corrected chi connectivity index (χ3v) is 4.58. The van der Waals surface area contributed by atoms with Gasteiger partial charge in [0.1, 0.15) is 6.54 Å². The van der Waals surface area contributed by atoms with Crippen LogP contribution in [-0.2, 0) is 19.1 Å². The summed E-state index contributed by atoms with van der Waals surface area (Å²) in [5.74, 6) is -2.02. The van der Waals surface area contributed by atoms with Crippen molar-refractivity contribution in [3.05, 3.63) is 34.3 Å². The minimum atomic E-state index is -0.700. The van der Waals surface area contributed by atoms with Gasteiger partial charge in [-0.15, -0.1) is 0 Å². The van der Waals surface area contributed by atoms with Gasteiger partial charge in [0.2, 0.25) is 5.91 Å². The number of hydrogen-bond donors (Lipinski definition) is 2. The Bertz CT molecular complexity index is 701. The smallest absolute Gasteiger partial charge is 0.325 e. The average molecular weight is 426 g/mol. The Morgan fingerprint density at radius 2 is 1.92 bits per heavy atom. The first-order chi connectivity index (χ1) is 12.4. The number of primary amides is 1. The topological polar surface area (TPSA) is 119 Å². The van der Waals surface area contributed by atoms with E-state index in [9.17, 15) is 19.2 Å². The van der Waals surface area contributed by atoms with Crippen molar-refractivity contribution in [3.8, 4) is 0 Å². The van der Waals surface area contributed by atoms with Crippen LogP contribution in [-0.4, -0.2) is 54.8 Å². The van der Waals surface area contributed by atoms with Gasteiger partial charge in [0.05, 0.1) is 0 Å². The summed E-state index contributed by atoms with van der Waals surface area (Å²) in [5, 5.41) is 2.44. The third kappa shape index (κ3) is 5.83. The van der Waals surface area contributed by atoms with Crippen molar-refractivity contribution < 1.29 is 23.9 Å². The summed E-state index contributed by atoms with van der Waals surface area (Å²) in [4.78, 5) is 48.3. The van der Waals surface area contributed by atoms with Crippen LogP contribution in [0.4, 0.5) is 0 Å². The summed E-state index contributed by atoms with van der Waals surface area (Å²) in [5.41, 5.74) is 5.65. The van der Waals surface area contributed by atoms with Gasteiger partial charge in [0.25, 0.3) is 11.8 Å². The van der Waals surface area contributed by atoms with Gasteiger partial charge < -0.3 is 20.7 Å². The van der Waals surface area contributed by atoms with E-state index in [4.69, 9.17) is 10.5 Å². The van der Waals surface area contributed by atoms with Crippen LogP contribution in [0.25, 0.3) is 0 Å². The number of amides is 3. The van der Waals surface area contributed by atoms with E-state index in [0.717, 1.165) is 4.47 Å². The Hall–Kier alpha value is -2.42. The highest BCUT2D eigenvalue weighted by molar-refractivity contribution is 9.10. The number of likely N-dealkylation sites (tertiary alicyclic amines) is 1. The molecule has 1 aromatic carbocycles. The number of hydrogen-bond acceptors (Lipinski definition) is 5. The molecule has 0 aliphatic carbocycles. The van der Waals surface area contributed by atoms with E-state index < -0.39 is 18.5 Å². The Balaban J connectivity index is 1.69. The molecule has 0 bridgehead atoms. The van der Waals surface area contributed by atoms with Crippen molar-refractivity contribution in [2.75, 3.05) is 26.2 Å². The van der Waals surface area contributed by atoms with Crippen LogP contribution in [0.2, 0.25) is 0 Å². The van der Waals surface area contributed by atoms with Gasteiger partial charge in [0.15, 0.2) is 6.61 Å². The summed E-state index contributed by atoms with van der Waals surface area (Å²) >= 11 is 3.26. The van der Waals surface area contributed by atoms with Crippen LogP contribution >= 0.6 is 15.9 Å². The van der Waals surface area contributed by atoms with E-state index in [1.807, 2.05) is 0 Å². The molecule has 0 atom stereocenters. The number of ether oxygens (including phenoxy) is 1. The normalized spacial score (nSPS) is 14.6. The fraction of sp³-hybridized carbons (Fsp3) is 0.412. The van der Waals surface area contributed by atoms with E-state index >= 15 is 0 Å². The SMILES string of the molecule is NC(=O)C1CCN(C(=O)COC(=O)CNC(=O)c2cccc(Br)c2)CC1. The molecule has 3 N–H and O–H groups in total. The molecule has 1 aromatic rings. The average Bonchev–Trinajstić information content (AvgIpc) is 2.64. The molecule has 1 saturated heterocycles. The van der Waals surface area contributed by atoms with E-state index in [0.29, 0.717) is 31.5 Å². The summed E-state index contributed by atoms with van der Waals surface area (Å²) in [7, 11) is 0. The lowest BCUT2D eigenvalue weighted by molar-refractivity contribution is -0.151. The molecule has 0 spiro atoms. The highest BCUT2D eigenvalue weighted by Gasteiger charge is 2.26. The van der Waals surface area contributed by atoms with Crippen molar-refractivity contribution in [2.24, 2.45) is 11.7 Å². The molecule has 3 amide bonds. The lowest BCUT2D eigenvalue weighted by Crippen LogP contribution is -2.43. The number of carbonyl (C=O) groups excluding carboxylic acids is 4. The second-order valence-electron chi connectivity index (χ2n) is 5.91. The standard InChI is InChI=1S/C17H20BrN3O5/c18-13-3-1-2-12(8-13)17(25)20-9-15(23)26-10-14(22)21-6-4-11(5-7-21)16(19)24/h1-3,8,11H,4-7,9-10H2,(H2,19,24)(H,20,25). The summed E-state index contributed by atoms with van der Waals surface area (Å²) in [6, 6.07) is 6.73. The van der Waals surface area contributed by atoms with Crippen molar-refractivity contribution in [1.29, 1.82) is 0 Å². The highest BCUT2D eigenvalue weighted by Crippen LogP contribution is 2.16. The summed E-state index contributed by atoms with van der Waals surface area (Å²) < 4.78 is 5.64. The number of nitrogens with one attached hydrogen (secondary N) is 1. The molecule has 140 valence electrons. The Morgan fingerprint density at radius 1 is 1.23 bits per heavy atom. The quantitative estimate of drug-likeness (QED) is 0.641. The second kappa shape index (κ2) is 9.33. The zero-order chi connectivity index (χ0) is 19.1. The maximum Gasteiger partial charge on any atom is 0.325 e. The van der Waals surface area contributed by atoms with E-state index in [2.05, 4.69) is 21.2 Å². The zero-order valence-electron chi connectivity index (χ0n) is 14.1. The molecule has 0 saturated carbocycles. The largest absolute Gasteiger partial charge is 0.454 e. The number of halogens is 1. The molecule has 0 aromatic heterocycles. The molecular weight excluding hydrogens is 406 g/mol. The number of rotatable bonds is 6. The molecular formula is C17H20BrN3O5. The molecule has 9 heteroatoms. The molecule has 8 nitrogen and oxygen atoms in total. The van der Waals surface area contributed by atoms with E-state index in [-0.39, 0.29) is 24.3 Å². The van der Waals surface area contributed by atoms with E-state index in [1.54, 1.807) is 24.3 Å². The van der Waals surface area contributed by atoms with Crippen LogP contribution < -0.4 is 11.1 Å². The van der Waals surface area contributed by atoms with Crippen molar-refractivity contribution in [2.45, 2.75) is 12.8 Å². The molecule has 2 rings (SSSR count). The Morgan fingerprint density at radius 3 is 2.54 bits per heavy atom. The number of piperidine rings is 1. The summed E-state index contributed by atoms with van der Waals surface area (Å²) in [6.07, 6.45) is 1.02. The maximum atomic E-state index is 12.0. The molecule has 26 heavy (non-hydrogen) atoms. The lowest BCUT2D eigenvalue weighted by Gasteiger charge is -2.30. The molecule has 1 heterocycles. The number of carbonyl (C=O) groups is 4. The van der Waals surface area contributed by atoms with Crippen LogP contribution in [0.3, 0.4) is 0 Å². The van der Waals surface area contributed by atoms with Gasteiger partial charge in [0, 0.05) is 29.0 Å². The lowest BCUT2D eigenvalue weighted by atomic mass is 9.96. The van der Waals surface area contributed by atoms with Crippen LogP contribution in [0.15, 0.2) is 28.7 Å². The molecule has 1 fully saturated rings. The third-order valence-electron chi connectivity index (χ3n) is 4.09. The number of benzene rings is 1. The van der Waals surface area contributed by atoms with E-state index in [1.165, 1.54) is 4.90 Å². The first-order valence-electron chi connectivity index (χ1n) is 8.13. The number of esters is 1.